The molecule has 0 bridgehead atoms. The molecule has 17 heavy (non-hydrogen) atoms. The molecule has 0 fully saturated rings. The smallest absolute Gasteiger partial charge is 0.0704 e. The fraction of sp³-hybridized carbons (Fsp3) is 0.231. The zero-order chi connectivity index (χ0) is 12.4. The van der Waals surface area contributed by atoms with Crippen LogP contribution in [0, 0.1) is 10.5 Å². The van der Waals surface area contributed by atoms with E-state index in [1.807, 2.05) is 7.05 Å². The van der Waals surface area contributed by atoms with Crippen LogP contribution >= 0.6 is 49.9 Å². The molecule has 0 aliphatic rings. The summed E-state index contributed by atoms with van der Waals surface area (Å²) in [5.41, 5.74) is 2.67. The molecule has 2 rings (SSSR count). The van der Waals surface area contributed by atoms with Crippen LogP contribution in [-0.4, -0.2) is 7.05 Å². The second-order valence-electron chi connectivity index (χ2n) is 3.84. The van der Waals surface area contributed by atoms with Crippen LogP contribution in [0.5, 0.6) is 0 Å². The van der Waals surface area contributed by atoms with Crippen LogP contribution in [-0.2, 0) is 0 Å². The van der Waals surface area contributed by atoms with E-state index < -0.39 is 0 Å². The number of hydrogen-bond acceptors (Lipinski definition) is 2. The molecule has 0 radical (unpaired) electrons. The van der Waals surface area contributed by atoms with Crippen LogP contribution in [0.3, 0.4) is 0 Å². The van der Waals surface area contributed by atoms with E-state index in [2.05, 4.69) is 81.1 Å². The lowest BCUT2D eigenvalue weighted by Gasteiger charge is -2.17. The zero-order valence-corrected chi connectivity index (χ0v) is 14.2. The highest BCUT2D eigenvalue weighted by molar-refractivity contribution is 14.1. The van der Waals surface area contributed by atoms with Gasteiger partial charge in [0, 0.05) is 8.45 Å². The Labute approximate surface area is 128 Å². The van der Waals surface area contributed by atoms with E-state index in [0.29, 0.717) is 0 Å². The molecule has 1 N–H and O–H groups in total. The van der Waals surface area contributed by atoms with Gasteiger partial charge in [-0.2, -0.15) is 0 Å². The average molecular weight is 422 g/mol. The molecule has 0 spiro atoms. The Morgan fingerprint density at radius 1 is 1.35 bits per heavy atom. The Hall–Kier alpha value is 0.0900. The molecule has 0 saturated heterocycles. The molecule has 1 atom stereocenters. The Bertz CT molecular complexity index is 524. The third kappa shape index (κ3) is 3.10. The van der Waals surface area contributed by atoms with Gasteiger partial charge < -0.3 is 5.32 Å². The summed E-state index contributed by atoms with van der Waals surface area (Å²) in [6.07, 6.45) is 0. The molecular weight excluding hydrogens is 409 g/mol. The van der Waals surface area contributed by atoms with Crippen LogP contribution in [0.25, 0.3) is 0 Å². The minimum atomic E-state index is 0.271. The standard InChI is InChI=1S/C13H13BrINS/c1-8-11(7-12(14)17-8)13(16-2)9-4-3-5-10(15)6-9/h3-7,13,16H,1-2H3. The van der Waals surface area contributed by atoms with Crippen molar-refractivity contribution in [3.63, 3.8) is 0 Å². The summed E-state index contributed by atoms with van der Waals surface area (Å²) < 4.78 is 2.46. The van der Waals surface area contributed by atoms with Gasteiger partial charge in [0.25, 0.3) is 0 Å². The number of rotatable bonds is 3. The van der Waals surface area contributed by atoms with Gasteiger partial charge in [-0.1, -0.05) is 12.1 Å². The predicted octanol–water partition coefficient (Wildman–Crippen LogP) is 4.73. The third-order valence-electron chi connectivity index (χ3n) is 2.71. The van der Waals surface area contributed by atoms with Crippen molar-refractivity contribution in [1.29, 1.82) is 0 Å². The van der Waals surface area contributed by atoms with E-state index in [0.717, 1.165) is 0 Å². The van der Waals surface area contributed by atoms with Crippen molar-refractivity contribution >= 4 is 49.9 Å². The highest BCUT2D eigenvalue weighted by atomic mass is 127. The van der Waals surface area contributed by atoms with Crippen molar-refractivity contribution < 1.29 is 0 Å². The average Bonchev–Trinajstić information content (AvgIpc) is 2.59. The van der Waals surface area contributed by atoms with Crippen LogP contribution in [0.15, 0.2) is 34.1 Å². The molecule has 4 heteroatoms. The molecule has 2 aromatic rings. The van der Waals surface area contributed by atoms with Crippen molar-refractivity contribution in [2.75, 3.05) is 7.05 Å². The van der Waals surface area contributed by atoms with Gasteiger partial charge in [0.05, 0.1) is 9.83 Å². The zero-order valence-electron chi connectivity index (χ0n) is 9.63. The molecule has 1 aromatic carbocycles. The number of thiophene rings is 1. The molecular formula is C13H13BrINS. The van der Waals surface area contributed by atoms with E-state index in [4.69, 9.17) is 0 Å². The molecule has 1 nitrogen and oxygen atoms in total. The first-order chi connectivity index (χ1) is 8.11. The molecule has 1 aromatic heterocycles. The van der Waals surface area contributed by atoms with E-state index in [1.165, 1.54) is 23.4 Å². The number of nitrogens with one attached hydrogen (secondary N) is 1. The number of aryl methyl sites for hydroxylation is 1. The van der Waals surface area contributed by atoms with Crippen LogP contribution in [0.1, 0.15) is 22.0 Å². The highest BCUT2D eigenvalue weighted by Gasteiger charge is 2.16. The predicted molar refractivity (Wildman–Crippen MR) is 86.8 cm³/mol. The SMILES string of the molecule is CNC(c1cccc(I)c1)c1cc(Br)sc1C. The van der Waals surface area contributed by atoms with E-state index in [1.54, 1.807) is 11.3 Å². The molecule has 0 saturated carbocycles. The second-order valence-corrected chi connectivity index (χ2v) is 7.72. The highest BCUT2D eigenvalue weighted by Crippen LogP contribution is 2.33. The fourth-order valence-corrected chi connectivity index (χ4v) is 4.25. The van der Waals surface area contributed by atoms with Crippen molar-refractivity contribution in [2.24, 2.45) is 0 Å². The maximum absolute atomic E-state index is 3.56. The minimum Gasteiger partial charge on any atom is -0.309 e. The Morgan fingerprint density at radius 3 is 2.65 bits per heavy atom. The van der Waals surface area contributed by atoms with Crippen LogP contribution < -0.4 is 5.32 Å². The monoisotopic (exact) mass is 421 g/mol. The van der Waals surface area contributed by atoms with Crippen molar-refractivity contribution in [2.45, 2.75) is 13.0 Å². The molecule has 90 valence electrons. The summed E-state index contributed by atoms with van der Waals surface area (Å²) >= 11 is 7.70. The van der Waals surface area contributed by atoms with Crippen molar-refractivity contribution in [3.05, 3.63) is 53.7 Å². The van der Waals surface area contributed by atoms with Crippen LogP contribution in [0.2, 0.25) is 0 Å². The number of halogens is 2. The summed E-state index contributed by atoms with van der Waals surface area (Å²) in [6, 6.07) is 11.1. The maximum Gasteiger partial charge on any atom is 0.0704 e. The summed E-state index contributed by atoms with van der Waals surface area (Å²) in [5, 5.41) is 3.40. The molecule has 0 aliphatic heterocycles. The largest absolute Gasteiger partial charge is 0.309 e. The first kappa shape index (κ1) is 13.5. The summed E-state index contributed by atoms with van der Waals surface area (Å²) in [4.78, 5) is 1.36. The first-order valence-corrected chi connectivity index (χ1v) is 7.99. The van der Waals surface area contributed by atoms with E-state index >= 15 is 0 Å². The van der Waals surface area contributed by atoms with Gasteiger partial charge in [-0.25, -0.2) is 0 Å². The van der Waals surface area contributed by atoms with Gasteiger partial charge in [0.2, 0.25) is 0 Å². The summed E-state index contributed by atoms with van der Waals surface area (Å²) in [7, 11) is 2.01. The molecule has 0 amide bonds. The van der Waals surface area contributed by atoms with Gasteiger partial charge >= 0.3 is 0 Å². The van der Waals surface area contributed by atoms with E-state index in [-0.39, 0.29) is 6.04 Å². The van der Waals surface area contributed by atoms with Gasteiger partial charge in [-0.15, -0.1) is 11.3 Å². The van der Waals surface area contributed by atoms with Crippen molar-refractivity contribution in [1.82, 2.24) is 5.32 Å². The first-order valence-electron chi connectivity index (χ1n) is 5.30. The summed E-state index contributed by atoms with van der Waals surface area (Å²) in [5.74, 6) is 0. The topological polar surface area (TPSA) is 12.0 Å². The summed E-state index contributed by atoms with van der Waals surface area (Å²) in [6.45, 7) is 2.17. The Morgan fingerprint density at radius 2 is 2.12 bits per heavy atom. The lowest BCUT2D eigenvalue weighted by molar-refractivity contribution is 0.690. The lowest BCUT2D eigenvalue weighted by Crippen LogP contribution is -2.17. The minimum absolute atomic E-state index is 0.271. The van der Waals surface area contributed by atoms with Crippen LogP contribution in [0.4, 0.5) is 0 Å². The van der Waals surface area contributed by atoms with Gasteiger partial charge in [0.1, 0.15) is 0 Å². The number of benzene rings is 1. The normalized spacial score (nSPS) is 12.7. The fourth-order valence-electron chi connectivity index (χ4n) is 1.93. The van der Waals surface area contributed by atoms with Gasteiger partial charge in [-0.05, 0) is 81.8 Å². The maximum atomic E-state index is 3.56. The Balaban J connectivity index is 2.43. The second kappa shape index (κ2) is 5.82. The van der Waals surface area contributed by atoms with Gasteiger partial charge in [0.15, 0.2) is 0 Å². The molecule has 1 unspecified atom stereocenters. The quantitative estimate of drug-likeness (QED) is 0.706. The molecule has 1 heterocycles. The number of hydrogen-bond donors (Lipinski definition) is 1. The Kier molecular flexibility index (Phi) is 4.63. The van der Waals surface area contributed by atoms with E-state index in [9.17, 15) is 0 Å². The third-order valence-corrected chi connectivity index (χ3v) is 4.95. The van der Waals surface area contributed by atoms with Crippen molar-refractivity contribution in [3.8, 4) is 0 Å². The lowest BCUT2D eigenvalue weighted by atomic mass is 10.00. The molecule has 0 aliphatic carbocycles. The van der Waals surface area contributed by atoms with Gasteiger partial charge in [-0.3, -0.25) is 0 Å².